The lowest BCUT2D eigenvalue weighted by Gasteiger charge is -2.30. The highest BCUT2D eigenvalue weighted by atomic mass is 16.5. The number of aryl methyl sites for hydroxylation is 2. The molecule has 0 unspecified atom stereocenters. The molecule has 3 rings (SSSR count). The molecule has 136 valence electrons. The summed E-state index contributed by atoms with van der Waals surface area (Å²) in [7, 11) is 0. The van der Waals surface area contributed by atoms with Gasteiger partial charge in [-0.15, -0.1) is 0 Å². The first-order valence-electron chi connectivity index (χ1n) is 8.62. The van der Waals surface area contributed by atoms with E-state index in [2.05, 4.69) is 11.1 Å². The average Bonchev–Trinajstić information content (AvgIpc) is 3.04. The van der Waals surface area contributed by atoms with Crippen molar-refractivity contribution in [3.63, 3.8) is 0 Å². The van der Waals surface area contributed by atoms with Gasteiger partial charge >= 0.3 is 0 Å². The quantitative estimate of drug-likeness (QED) is 0.884. The number of nitrogens with zero attached hydrogens (tertiary/aromatic N) is 3. The molecule has 0 spiro atoms. The fraction of sp³-hybridized carbons (Fsp3) is 0.421. The molecule has 1 aromatic heterocycles. The summed E-state index contributed by atoms with van der Waals surface area (Å²) in [5, 5.41) is 9.36. The van der Waals surface area contributed by atoms with E-state index in [0.29, 0.717) is 37.7 Å². The lowest BCUT2D eigenvalue weighted by Crippen LogP contribution is -2.38. The van der Waals surface area contributed by atoms with Gasteiger partial charge in [-0.25, -0.2) is 0 Å². The molecule has 2 N–H and O–H groups in total. The highest BCUT2D eigenvalue weighted by Crippen LogP contribution is 2.28. The van der Waals surface area contributed by atoms with Crippen molar-refractivity contribution >= 4 is 11.8 Å². The summed E-state index contributed by atoms with van der Waals surface area (Å²) >= 11 is 0. The van der Waals surface area contributed by atoms with Crippen LogP contribution in [0.4, 0.5) is 5.88 Å². The van der Waals surface area contributed by atoms with E-state index in [4.69, 9.17) is 14.9 Å². The topological polar surface area (TPSA) is 105 Å². The van der Waals surface area contributed by atoms with Crippen LogP contribution in [0.15, 0.2) is 22.6 Å². The highest BCUT2D eigenvalue weighted by Gasteiger charge is 2.27. The van der Waals surface area contributed by atoms with Gasteiger partial charge in [-0.3, -0.25) is 4.79 Å². The molecule has 2 aromatic rings. The first-order valence-corrected chi connectivity index (χ1v) is 8.62. The number of rotatable bonds is 5. The van der Waals surface area contributed by atoms with Crippen LogP contribution in [0.2, 0.25) is 0 Å². The van der Waals surface area contributed by atoms with Gasteiger partial charge < -0.3 is 19.8 Å². The number of primary amides is 1. The molecule has 0 radical (unpaired) electrons. The Kier molecular flexibility index (Phi) is 5.12. The maximum absolute atomic E-state index is 11.3. The first-order chi connectivity index (χ1) is 12.5. The molecule has 1 fully saturated rings. The average molecular weight is 354 g/mol. The number of aromatic nitrogens is 1. The predicted octanol–water partition coefficient (Wildman–Crippen LogP) is 2.44. The Morgan fingerprint density at radius 3 is 2.62 bits per heavy atom. The van der Waals surface area contributed by atoms with E-state index >= 15 is 0 Å². The number of piperidine rings is 1. The molecule has 0 bridgehead atoms. The van der Waals surface area contributed by atoms with Gasteiger partial charge in [0, 0.05) is 19.0 Å². The summed E-state index contributed by atoms with van der Waals surface area (Å²) in [5.74, 6) is 1.21. The largest absolute Gasteiger partial charge is 0.483 e. The van der Waals surface area contributed by atoms with Crippen molar-refractivity contribution in [1.29, 1.82) is 5.26 Å². The lowest BCUT2D eigenvalue weighted by molar-refractivity contribution is -0.122. The normalized spacial score (nSPS) is 14.9. The summed E-state index contributed by atoms with van der Waals surface area (Å²) in [5.41, 5.74) is 7.67. The van der Waals surface area contributed by atoms with E-state index < -0.39 is 0 Å². The van der Waals surface area contributed by atoms with E-state index in [0.717, 1.165) is 16.9 Å². The Labute approximate surface area is 152 Å². The van der Waals surface area contributed by atoms with Gasteiger partial charge in [0.2, 0.25) is 23.4 Å². The molecule has 2 heterocycles. The van der Waals surface area contributed by atoms with E-state index in [1.807, 2.05) is 36.9 Å². The monoisotopic (exact) mass is 354 g/mol. The molecular weight excluding hydrogens is 332 g/mol. The van der Waals surface area contributed by atoms with E-state index in [9.17, 15) is 10.1 Å². The van der Waals surface area contributed by atoms with Crippen LogP contribution in [0, 0.1) is 31.1 Å². The fourth-order valence-corrected chi connectivity index (χ4v) is 3.23. The predicted molar refractivity (Wildman–Crippen MR) is 95.6 cm³/mol. The smallest absolute Gasteiger partial charge is 0.236 e. The fourth-order valence-electron chi connectivity index (χ4n) is 3.23. The maximum Gasteiger partial charge on any atom is 0.236 e. The third-order valence-electron chi connectivity index (χ3n) is 4.69. The van der Waals surface area contributed by atoms with Crippen molar-refractivity contribution in [3.05, 3.63) is 40.9 Å². The Morgan fingerprint density at radius 2 is 2.04 bits per heavy atom. The number of benzene rings is 1. The molecule has 1 aromatic carbocycles. The maximum atomic E-state index is 11.3. The minimum Gasteiger partial charge on any atom is -0.483 e. The Bertz CT molecular complexity index is 825. The second-order valence-electron chi connectivity index (χ2n) is 6.55. The minimum atomic E-state index is -0.273. The highest BCUT2D eigenvalue weighted by molar-refractivity contribution is 5.77. The standard InChI is InChI=1S/C19H22N4O3/c1-12-4-3-5-13(2)17(12)25-11-16-22-15(10-20)19(26-16)23-8-6-14(7-9-23)18(21)24/h3-5,14H,6-9,11H2,1-2H3,(H2,21,24). The van der Waals surface area contributed by atoms with E-state index in [1.54, 1.807) is 0 Å². The molecule has 0 saturated carbocycles. The van der Waals surface area contributed by atoms with Crippen LogP contribution >= 0.6 is 0 Å². The van der Waals surface area contributed by atoms with Crippen LogP contribution < -0.4 is 15.4 Å². The van der Waals surface area contributed by atoms with Crippen molar-refractivity contribution in [2.75, 3.05) is 18.0 Å². The summed E-state index contributed by atoms with van der Waals surface area (Å²) in [6.45, 7) is 5.32. The molecule has 0 atom stereocenters. The first kappa shape index (κ1) is 17.8. The molecule has 1 saturated heterocycles. The zero-order valence-corrected chi connectivity index (χ0v) is 15.0. The molecule has 26 heavy (non-hydrogen) atoms. The van der Waals surface area contributed by atoms with Crippen LogP contribution in [-0.2, 0) is 11.4 Å². The van der Waals surface area contributed by atoms with E-state index in [1.165, 1.54) is 0 Å². The van der Waals surface area contributed by atoms with Gasteiger partial charge in [0.25, 0.3) is 0 Å². The number of anilines is 1. The second kappa shape index (κ2) is 7.48. The Morgan fingerprint density at radius 1 is 1.38 bits per heavy atom. The molecule has 7 nitrogen and oxygen atoms in total. The number of nitrogens with two attached hydrogens (primary N) is 1. The van der Waals surface area contributed by atoms with Crippen molar-refractivity contribution in [3.8, 4) is 11.8 Å². The number of carbonyl (C=O) groups excluding carboxylic acids is 1. The number of oxazole rings is 1. The zero-order chi connectivity index (χ0) is 18.7. The van der Waals surface area contributed by atoms with Gasteiger partial charge in [0.15, 0.2) is 6.61 Å². The van der Waals surface area contributed by atoms with Crippen LogP contribution in [0.1, 0.15) is 35.6 Å². The third-order valence-corrected chi connectivity index (χ3v) is 4.69. The van der Waals surface area contributed by atoms with Crippen molar-refractivity contribution in [2.45, 2.75) is 33.3 Å². The molecule has 7 heteroatoms. The molecular formula is C19H22N4O3. The number of hydrogen-bond acceptors (Lipinski definition) is 6. The molecule has 1 amide bonds. The van der Waals surface area contributed by atoms with Crippen LogP contribution in [0.3, 0.4) is 0 Å². The number of ether oxygens (including phenoxy) is 1. The number of carbonyl (C=O) groups is 1. The lowest BCUT2D eigenvalue weighted by atomic mass is 9.96. The number of amides is 1. The zero-order valence-electron chi connectivity index (χ0n) is 15.0. The van der Waals surface area contributed by atoms with Crippen LogP contribution in [0.5, 0.6) is 5.75 Å². The molecule has 1 aliphatic rings. The molecule has 1 aliphatic heterocycles. The van der Waals surface area contributed by atoms with Gasteiger partial charge in [-0.2, -0.15) is 10.2 Å². The number of hydrogen-bond donors (Lipinski definition) is 1. The van der Waals surface area contributed by atoms with E-state index in [-0.39, 0.29) is 24.1 Å². The number of nitriles is 1. The van der Waals surface area contributed by atoms with Gasteiger partial charge in [0.05, 0.1) is 0 Å². The van der Waals surface area contributed by atoms with Crippen molar-refractivity contribution in [2.24, 2.45) is 11.7 Å². The summed E-state index contributed by atoms with van der Waals surface area (Å²) in [6.07, 6.45) is 1.30. The van der Waals surface area contributed by atoms with Crippen LogP contribution in [-0.4, -0.2) is 24.0 Å². The summed E-state index contributed by atoms with van der Waals surface area (Å²) in [4.78, 5) is 17.5. The van der Waals surface area contributed by atoms with Gasteiger partial charge in [-0.05, 0) is 37.8 Å². The SMILES string of the molecule is Cc1cccc(C)c1OCc1nc(C#N)c(N2CCC(C(N)=O)CC2)o1. The second-order valence-corrected chi connectivity index (χ2v) is 6.55. The Hall–Kier alpha value is -3.01. The minimum absolute atomic E-state index is 0.119. The summed E-state index contributed by atoms with van der Waals surface area (Å²) in [6, 6.07) is 8.01. The van der Waals surface area contributed by atoms with Crippen LogP contribution in [0.25, 0.3) is 0 Å². The third kappa shape index (κ3) is 3.64. The number of para-hydroxylation sites is 1. The van der Waals surface area contributed by atoms with Gasteiger partial charge in [-0.1, -0.05) is 18.2 Å². The molecule has 0 aliphatic carbocycles. The summed E-state index contributed by atoms with van der Waals surface area (Å²) < 4.78 is 11.7. The van der Waals surface area contributed by atoms with Crippen molar-refractivity contribution < 1.29 is 13.9 Å². The van der Waals surface area contributed by atoms with Crippen molar-refractivity contribution in [1.82, 2.24) is 4.98 Å². The Balaban J connectivity index is 1.71. The van der Waals surface area contributed by atoms with Gasteiger partial charge in [0.1, 0.15) is 11.8 Å².